The number of benzene rings is 1. The van der Waals surface area contributed by atoms with Crippen LogP contribution in [-0.4, -0.2) is 63.5 Å². The van der Waals surface area contributed by atoms with E-state index >= 15 is 0 Å². The number of amides is 2. The Hall–Kier alpha value is -2.68. The van der Waals surface area contributed by atoms with Crippen LogP contribution in [0.4, 0.5) is 0 Å². The van der Waals surface area contributed by atoms with Gasteiger partial charge >= 0.3 is 0 Å². The molecule has 2 bridgehead atoms. The third-order valence-electron chi connectivity index (χ3n) is 6.40. The van der Waals surface area contributed by atoms with Crippen molar-refractivity contribution < 1.29 is 18.0 Å². The number of imide groups is 1. The van der Waals surface area contributed by atoms with E-state index in [0.29, 0.717) is 36.9 Å². The molecule has 4 unspecified atom stereocenters. The Bertz CT molecular complexity index is 976. The highest BCUT2D eigenvalue weighted by Crippen LogP contribution is 2.52. The van der Waals surface area contributed by atoms with E-state index in [1.807, 2.05) is 0 Å². The maximum absolute atomic E-state index is 12.7. The molecule has 2 amide bonds. The lowest BCUT2D eigenvalue weighted by molar-refractivity contribution is -0.140. The van der Waals surface area contributed by atoms with Crippen molar-refractivity contribution in [1.29, 1.82) is 0 Å². The molecule has 2 fully saturated rings. The summed E-state index contributed by atoms with van der Waals surface area (Å²) in [6.45, 7) is 1.13. The lowest BCUT2D eigenvalue weighted by Crippen LogP contribution is -2.44. The molecule has 1 saturated carbocycles. The highest BCUT2D eigenvalue weighted by atomic mass is 32.2. The Morgan fingerprint density at radius 2 is 1.65 bits per heavy atom. The van der Waals surface area contributed by atoms with Crippen LogP contribution in [-0.2, 0) is 19.4 Å². The molecule has 1 heterocycles. The maximum atomic E-state index is 12.7. The van der Waals surface area contributed by atoms with E-state index in [4.69, 9.17) is 0 Å². The van der Waals surface area contributed by atoms with Crippen LogP contribution in [0.25, 0.3) is 0 Å². The Morgan fingerprint density at radius 1 is 1.03 bits per heavy atom. The number of guanidine groups is 1. The van der Waals surface area contributed by atoms with Crippen molar-refractivity contribution in [3.8, 4) is 0 Å². The molecule has 0 spiro atoms. The second kappa shape index (κ2) is 8.82. The Labute approximate surface area is 182 Å². The van der Waals surface area contributed by atoms with Crippen molar-refractivity contribution in [2.24, 2.45) is 28.7 Å². The molecule has 1 aliphatic heterocycles. The number of allylic oxidation sites excluding steroid dienone is 2. The molecule has 166 valence electrons. The van der Waals surface area contributed by atoms with Gasteiger partial charge in [0.1, 0.15) is 0 Å². The van der Waals surface area contributed by atoms with Gasteiger partial charge in [0, 0.05) is 26.7 Å². The first-order valence-corrected chi connectivity index (χ1v) is 12.3. The number of nitrogens with one attached hydrogen (secondary N) is 2. The zero-order valence-electron chi connectivity index (χ0n) is 17.5. The molecule has 2 aliphatic carbocycles. The number of sulfone groups is 1. The fraction of sp³-hybridized carbons (Fsp3) is 0.500. The minimum atomic E-state index is -3.30. The van der Waals surface area contributed by atoms with Crippen LogP contribution < -0.4 is 10.6 Å². The monoisotopic (exact) mass is 444 g/mol. The fourth-order valence-electron chi connectivity index (χ4n) is 4.91. The first-order chi connectivity index (χ1) is 14.9. The van der Waals surface area contributed by atoms with Crippen molar-refractivity contribution in [3.63, 3.8) is 0 Å². The van der Waals surface area contributed by atoms with Crippen LogP contribution in [0, 0.1) is 23.7 Å². The van der Waals surface area contributed by atoms with Gasteiger partial charge in [-0.2, -0.15) is 0 Å². The summed E-state index contributed by atoms with van der Waals surface area (Å²) in [7, 11) is -1.68. The van der Waals surface area contributed by atoms with Gasteiger partial charge in [-0.3, -0.25) is 19.5 Å². The summed E-state index contributed by atoms with van der Waals surface area (Å²) in [4.78, 5) is 31.2. The average Bonchev–Trinajstić information content (AvgIpc) is 3.45. The molecule has 1 aromatic rings. The maximum Gasteiger partial charge on any atom is 0.233 e. The molecule has 8 nitrogen and oxygen atoms in total. The summed E-state index contributed by atoms with van der Waals surface area (Å²) in [5.41, 5.74) is 0. The van der Waals surface area contributed by atoms with Gasteiger partial charge in [-0.25, -0.2) is 8.42 Å². The first-order valence-electron chi connectivity index (χ1n) is 10.7. The van der Waals surface area contributed by atoms with E-state index in [0.717, 1.165) is 6.42 Å². The van der Waals surface area contributed by atoms with E-state index in [-0.39, 0.29) is 41.2 Å². The average molecular weight is 445 g/mol. The van der Waals surface area contributed by atoms with Gasteiger partial charge in [-0.1, -0.05) is 30.4 Å². The highest BCUT2D eigenvalue weighted by molar-refractivity contribution is 7.91. The molecule has 0 aromatic heterocycles. The molecular formula is C22H28N4O4S. The van der Waals surface area contributed by atoms with Gasteiger partial charge in [-0.15, -0.1) is 0 Å². The molecule has 9 heteroatoms. The molecule has 31 heavy (non-hydrogen) atoms. The predicted octanol–water partition coefficient (Wildman–Crippen LogP) is 0.822. The van der Waals surface area contributed by atoms with Gasteiger partial charge < -0.3 is 10.6 Å². The third kappa shape index (κ3) is 4.23. The third-order valence-corrected chi connectivity index (χ3v) is 8.21. The second-order valence-corrected chi connectivity index (χ2v) is 10.3. The molecule has 0 radical (unpaired) electrons. The van der Waals surface area contributed by atoms with Crippen molar-refractivity contribution >= 4 is 27.6 Å². The number of nitrogens with zero attached hydrogens (tertiary/aromatic N) is 2. The van der Waals surface area contributed by atoms with Crippen molar-refractivity contribution in [3.05, 3.63) is 42.5 Å². The van der Waals surface area contributed by atoms with Crippen LogP contribution >= 0.6 is 0 Å². The molecule has 4 atom stereocenters. The van der Waals surface area contributed by atoms with E-state index in [2.05, 4.69) is 27.8 Å². The fourth-order valence-corrected chi connectivity index (χ4v) is 6.24. The standard InChI is InChI=1S/C22H28N4O4S/c1-23-22(24-10-5-13-31(29,30)17-6-3-2-4-7-17)25-11-12-26-20(27)18-15-8-9-16(14-15)19(18)21(26)28/h2-4,6-9,15-16,18-19H,5,10-14H2,1H3,(H2,23,24,25). The van der Waals surface area contributed by atoms with Crippen LogP contribution in [0.15, 0.2) is 52.4 Å². The van der Waals surface area contributed by atoms with Crippen LogP contribution in [0.1, 0.15) is 12.8 Å². The molecular weight excluding hydrogens is 416 g/mol. The van der Waals surface area contributed by atoms with Gasteiger partial charge in [0.2, 0.25) is 11.8 Å². The molecule has 1 saturated heterocycles. The predicted molar refractivity (Wildman–Crippen MR) is 117 cm³/mol. The largest absolute Gasteiger partial charge is 0.356 e. The molecule has 1 aromatic carbocycles. The number of carbonyl (C=O) groups excluding carboxylic acids is 2. The van der Waals surface area contributed by atoms with Gasteiger partial charge in [0.25, 0.3) is 0 Å². The van der Waals surface area contributed by atoms with E-state index in [1.165, 1.54) is 4.90 Å². The summed E-state index contributed by atoms with van der Waals surface area (Å²) in [5, 5.41) is 6.18. The molecule has 2 N–H and O–H groups in total. The normalized spacial score (nSPS) is 27.1. The van der Waals surface area contributed by atoms with Crippen LogP contribution in [0.5, 0.6) is 0 Å². The van der Waals surface area contributed by atoms with Gasteiger partial charge in [-0.05, 0) is 36.8 Å². The van der Waals surface area contributed by atoms with Gasteiger partial charge in [0.15, 0.2) is 15.8 Å². The van der Waals surface area contributed by atoms with Crippen molar-refractivity contribution in [2.75, 3.05) is 32.4 Å². The minimum Gasteiger partial charge on any atom is -0.356 e. The number of aliphatic imine (C=N–C) groups is 1. The number of rotatable bonds is 8. The number of carbonyl (C=O) groups is 2. The number of likely N-dealkylation sites (tertiary alicyclic amines) is 1. The Morgan fingerprint density at radius 3 is 2.26 bits per heavy atom. The minimum absolute atomic E-state index is 0.0386. The highest BCUT2D eigenvalue weighted by Gasteiger charge is 2.58. The zero-order chi connectivity index (χ0) is 22.0. The summed E-state index contributed by atoms with van der Waals surface area (Å²) in [6, 6.07) is 8.40. The van der Waals surface area contributed by atoms with E-state index < -0.39 is 9.84 Å². The Balaban J connectivity index is 1.19. The summed E-state index contributed by atoms with van der Waals surface area (Å²) >= 11 is 0. The number of fused-ring (bicyclic) bond motifs is 5. The number of hydrogen-bond donors (Lipinski definition) is 2. The second-order valence-electron chi connectivity index (χ2n) is 8.24. The lowest BCUT2D eigenvalue weighted by Gasteiger charge is -2.18. The molecule has 3 aliphatic rings. The van der Waals surface area contributed by atoms with Crippen molar-refractivity contribution in [1.82, 2.24) is 15.5 Å². The van der Waals surface area contributed by atoms with Crippen molar-refractivity contribution in [2.45, 2.75) is 17.7 Å². The van der Waals surface area contributed by atoms with Crippen LogP contribution in [0.2, 0.25) is 0 Å². The summed E-state index contributed by atoms with van der Waals surface area (Å²) in [5.74, 6) is 0.523. The first kappa shape index (κ1) is 21.5. The Kier molecular flexibility index (Phi) is 6.13. The number of hydrogen-bond acceptors (Lipinski definition) is 5. The molecule has 4 rings (SSSR count). The SMILES string of the molecule is CN=C(NCCCS(=O)(=O)c1ccccc1)NCCN1C(=O)C2C3C=CC(C3)C2C1=O. The summed E-state index contributed by atoms with van der Waals surface area (Å²) in [6.07, 6.45) is 5.53. The topological polar surface area (TPSA) is 108 Å². The van der Waals surface area contributed by atoms with Gasteiger partial charge in [0.05, 0.1) is 22.5 Å². The van der Waals surface area contributed by atoms with Crippen LogP contribution in [0.3, 0.4) is 0 Å². The summed E-state index contributed by atoms with van der Waals surface area (Å²) < 4.78 is 24.6. The zero-order valence-corrected chi connectivity index (χ0v) is 18.3. The smallest absolute Gasteiger partial charge is 0.233 e. The lowest BCUT2D eigenvalue weighted by atomic mass is 9.85. The van der Waals surface area contributed by atoms with E-state index in [1.54, 1.807) is 37.4 Å². The van der Waals surface area contributed by atoms with E-state index in [9.17, 15) is 18.0 Å². The quantitative estimate of drug-likeness (QED) is 0.202.